The van der Waals surface area contributed by atoms with Crippen molar-refractivity contribution in [2.45, 2.75) is 39.7 Å². The molecule has 3 aromatic rings. The molecule has 2 aromatic carbocycles. The van der Waals surface area contributed by atoms with E-state index in [-0.39, 0.29) is 17.4 Å². The highest BCUT2D eigenvalue weighted by atomic mass is 16.2. The molecule has 0 saturated carbocycles. The van der Waals surface area contributed by atoms with Crippen molar-refractivity contribution in [1.29, 1.82) is 0 Å². The van der Waals surface area contributed by atoms with Crippen molar-refractivity contribution in [1.82, 2.24) is 19.8 Å². The van der Waals surface area contributed by atoms with Crippen LogP contribution in [0, 0.1) is 5.92 Å². The van der Waals surface area contributed by atoms with Gasteiger partial charge in [0.2, 0.25) is 5.91 Å². The molecule has 0 unspecified atom stereocenters. The molecule has 1 aromatic heterocycles. The molecule has 1 aliphatic rings. The fourth-order valence-corrected chi connectivity index (χ4v) is 4.89. The predicted octanol–water partition coefficient (Wildman–Crippen LogP) is 3.51. The molecule has 0 radical (unpaired) electrons. The number of para-hydroxylation sites is 2. The number of hydrogen-bond donors (Lipinski definition) is 1. The van der Waals surface area contributed by atoms with Crippen LogP contribution in [0.5, 0.6) is 0 Å². The van der Waals surface area contributed by atoms with Gasteiger partial charge in [0, 0.05) is 19.6 Å². The molecule has 35 heavy (non-hydrogen) atoms. The summed E-state index contributed by atoms with van der Waals surface area (Å²) >= 11 is 0. The molecule has 1 saturated heterocycles. The number of piperidine rings is 1. The molecule has 1 N–H and O–H groups in total. The van der Waals surface area contributed by atoms with E-state index in [1.165, 1.54) is 0 Å². The third kappa shape index (κ3) is 6.09. The second-order valence-corrected chi connectivity index (χ2v) is 9.26. The van der Waals surface area contributed by atoms with E-state index in [1.54, 1.807) is 0 Å². The van der Waals surface area contributed by atoms with Crippen LogP contribution in [0.1, 0.15) is 38.7 Å². The van der Waals surface area contributed by atoms with Gasteiger partial charge in [-0.25, -0.2) is 4.98 Å². The number of nitrogens with zero attached hydrogens (tertiary/aromatic N) is 4. The topological polar surface area (TPSA) is 70.5 Å². The second-order valence-electron chi connectivity index (χ2n) is 9.26. The Hall–Kier alpha value is -3.19. The molecule has 1 atom stereocenters. The zero-order chi connectivity index (χ0) is 24.6. The van der Waals surface area contributed by atoms with E-state index in [2.05, 4.69) is 24.1 Å². The number of amides is 1. The summed E-state index contributed by atoms with van der Waals surface area (Å²) < 4.78 is 1.81. The van der Waals surface area contributed by atoms with Crippen LogP contribution in [0.15, 0.2) is 59.4 Å². The highest BCUT2D eigenvalue weighted by Crippen LogP contribution is 2.22. The maximum absolute atomic E-state index is 13.6. The van der Waals surface area contributed by atoms with E-state index in [1.807, 2.05) is 64.1 Å². The van der Waals surface area contributed by atoms with E-state index >= 15 is 0 Å². The molecule has 1 aliphatic heterocycles. The Morgan fingerprint density at radius 1 is 1.09 bits per heavy atom. The van der Waals surface area contributed by atoms with Crippen molar-refractivity contribution in [3.8, 4) is 0 Å². The van der Waals surface area contributed by atoms with Crippen molar-refractivity contribution < 1.29 is 4.79 Å². The first-order valence-electron chi connectivity index (χ1n) is 12.9. The lowest BCUT2D eigenvalue weighted by Gasteiger charge is -2.33. The molecule has 0 aliphatic carbocycles. The van der Waals surface area contributed by atoms with Crippen LogP contribution < -0.4 is 15.8 Å². The molecule has 4 rings (SSSR count). The lowest BCUT2D eigenvalue weighted by molar-refractivity contribution is -0.125. The number of anilines is 1. The monoisotopic (exact) mass is 475 g/mol. The van der Waals surface area contributed by atoms with Gasteiger partial charge >= 0.3 is 0 Å². The first-order valence-corrected chi connectivity index (χ1v) is 12.9. The fraction of sp³-hybridized carbons (Fsp3) is 0.464. The van der Waals surface area contributed by atoms with E-state index < -0.39 is 0 Å². The first-order chi connectivity index (χ1) is 17.1. The van der Waals surface area contributed by atoms with Gasteiger partial charge in [0.1, 0.15) is 0 Å². The average Bonchev–Trinajstić information content (AvgIpc) is 2.90. The first kappa shape index (κ1) is 24.9. The largest absolute Gasteiger partial charge is 0.356 e. The van der Waals surface area contributed by atoms with Gasteiger partial charge in [0.05, 0.1) is 23.5 Å². The summed E-state index contributed by atoms with van der Waals surface area (Å²) in [7, 11) is 0. The average molecular weight is 476 g/mol. The number of carbonyl (C=O) groups excluding carboxylic acids is 1. The number of rotatable bonds is 10. The van der Waals surface area contributed by atoms with Crippen molar-refractivity contribution in [2.75, 3.05) is 44.2 Å². The summed E-state index contributed by atoms with van der Waals surface area (Å²) in [4.78, 5) is 35.7. The number of fused-ring (bicyclic) bond motifs is 1. The minimum atomic E-state index is -0.132. The maximum Gasteiger partial charge on any atom is 0.294 e. The van der Waals surface area contributed by atoms with Crippen LogP contribution in [-0.2, 0) is 11.3 Å². The molecule has 186 valence electrons. The summed E-state index contributed by atoms with van der Waals surface area (Å²) in [6.07, 6.45) is 2.65. The third-order valence-corrected chi connectivity index (χ3v) is 6.96. The summed E-state index contributed by atoms with van der Waals surface area (Å²) in [5, 5.41) is 3.12. The van der Waals surface area contributed by atoms with E-state index in [4.69, 9.17) is 4.98 Å². The van der Waals surface area contributed by atoms with Crippen LogP contribution in [0.3, 0.4) is 0 Å². The zero-order valence-electron chi connectivity index (χ0n) is 20.9. The van der Waals surface area contributed by atoms with Crippen LogP contribution >= 0.6 is 0 Å². The van der Waals surface area contributed by atoms with Crippen molar-refractivity contribution in [3.63, 3.8) is 0 Å². The van der Waals surface area contributed by atoms with Crippen molar-refractivity contribution in [2.24, 2.45) is 5.92 Å². The van der Waals surface area contributed by atoms with Gasteiger partial charge in [0.15, 0.2) is 5.82 Å². The molecular weight excluding hydrogens is 438 g/mol. The molecule has 0 bridgehead atoms. The zero-order valence-corrected chi connectivity index (χ0v) is 20.9. The van der Waals surface area contributed by atoms with E-state index in [0.717, 1.165) is 62.0 Å². The molecule has 0 spiro atoms. The van der Waals surface area contributed by atoms with Crippen molar-refractivity contribution in [3.05, 3.63) is 70.5 Å². The third-order valence-electron chi connectivity index (χ3n) is 6.96. The minimum Gasteiger partial charge on any atom is -0.356 e. The molecule has 7 heteroatoms. The number of nitrogens with one attached hydrogen (secondary N) is 1. The molecule has 7 nitrogen and oxygen atoms in total. The van der Waals surface area contributed by atoms with Gasteiger partial charge in [-0.15, -0.1) is 0 Å². The summed E-state index contributed by atoms with van der Waals surface area (Å²) in [6, 6.07) is 17.8. The molecule has 1 fully saturated rings. The van der Waals surface area contributed by atoms with Gasteiger partial charge in [-0.2, -0.15) is 0 Å². The highest BCUT2D eigenvalue weighted by molar-refractivity contribution is 5.80. The van der Waals surface area contributed by atoms with Gasteiger partial charge in [0.25, 0.3) is 5.56 Å². The van der Waals surface area contributed by atoms with Crippen LogP contribution in [-0.4, -0.2) is 59.6 Å². The van der Waals surface area contributed by atoms with E-state index in [0.29, 0.717) is 25.5 Å². The van der Waals surface area contributed by atoms with E-state index in [9.17, 15) is 9.59 Å². The molecular formula is C28H37N5O2. The highest BCUT2D eigenvalue weighted by Gasteiger charge is 2.28. The van der Waals surface area contributed by atoms with Gasteiger partial charge in [-0.05, 0) is 56.6 Å². The number of benzene rings is 2. The van der Waals surface area contributed by atoms with Gasteiger partial charge in [-0.3, -0.25) is 14.2 Å². The lowest BCUT2D eigenvalue weighted by Crippen LogP contribution is -2.46. The summed E-state index contributed by atoms with van der Waals surface area (Å²) in [5.41, 5.74) is 2.58. The standard InChI is InChI=1S/C28H37N5O2/c1-3-31(4-2)18-11-17-29-27(34)23-14-10-19-32(21-23)26-28(35)33(20-22-12-6-5-7-13-22)25-16-9-8-15-24(25)30-26/h5-9,12-13,15-16,23H,3-4,10-11,14,17-21H2,1-2H3,(H,29,34)/t23-/m0/s1. The molecule has 1 amide bonds. The Morgan fingerprint density at radius 3 is 2.60 bits per heavy atom. The second kappa shape index (κ2) is 12.0. The minimum absolute atomic E-state index is 0.0830. The quantitative estimate of drug-likeness (QED) is 0.455. The summed E-state index contributed by atoms with van der Waals surface area (Å²) in [6.45, 7) is 9.80. The lowest BCUT2D eigenvalue weighted by atomic mass is 9.97. The Balaban J connectivity index is 1.50. The molecule has 2 heterocycles. The number of hydrogen-bond acceptors (Lipinski definition) is 5. The predicted molar refractivity (Wildman–Crippen MR) is 142 cm³/mol. The Morgan fingerprint density at radius 2 is 1.83 bits per heavy atom. The van der Waals surface area contributed by atoms with Gasteiger partial charge in [-0.1, -0.05) is 56.3 Å². The Kier molecular flexibility index (Phi) is 8.53. The maximum atomic E-state index is 13.6. The van der Waals surface area contributed by atoms with Gasteiger partial charge < -0.3 is 15.1 Å². The van der Waals surface area contributed by atoms with Crippen LogP contribution in [0.2, 0.25) is 0 Å². The van der Waals surface area contributed by atoms with Crippen molar-refractivity contribution >= 4 is 22.8 Å². The van der Waals surface area contributed by atoms with Crippen LogP contribution in [0.25, 0.3) is 11.0 Å². The SMILES string of the molecule is CCN(CC)CCCNC(=O)[C@H]1CCCN(c2nc3ccccc3n(Cc3ccccc3)c2=O)C1. The number of carbonyl (C=O) groups is 1. The summed E-state index contributed by atoms with van der Waals surface area (Å²) in [5.74, 6) is 0.394. The Labute approximate surface area is 207 Å². The smallest absolute Gasteiger partial charge is 0.294 e. The number of aromatic nitrogens is 2. The Bertz CT molecular complexity index is 1170. The normalized spacial score (nSPS) is 16.1. The van der Waals surface area contributed by atoms with Crippen LogP contribution in [0.4, 0.5) is 5.82 Å². The fourth-order valence-electron chi connectivity index (χ4n) is 4.89.